The monoisotopic (exact) mass is 540 g/mol. The fraction of sp³-hybridized carbons (Fsp3) is 0.353. The molecule has 2 aliphatic heterocycles. The second-order valence-electron chi connectivity index (χ2n) is 10.8. The molecule has 0 N–H and O–H groups in total. The summed E-state index contributed by atoms with van der Waals surface area (Å²) in [5.74, 6) is 0.407. The summed E-state index contributed by atoms with van der Waals surface area (Å²) in [6.45, 7) is 5.60. The number of para-hydroxylation sites is 2. The largest absolute Gasteiger partial charge is 0.449 e. The first-order valence-corrected chi connectivity index (χ1v) is 14.4. The number of carbonyl (C=O) groups excluding carboxylic acids is 2. The van der Waals surface area contributed by atoms with Gasteiger partial charge in [-0.1, -0.05) is 61.4 Å². The highest BCUT2D eigenvalue weighted by molar-refractivity contribution is 6.11. The molecule has 5 rings (SSSR count). The summed E-state index contributed by atoms with van der Waals surface area (Å²) in [5, 5.41) is 0. The third-order valence-corrected chi connectivity index (χ3v) is 7.87. The zero-order valence-electron chi connectivity index (χ0n) is 23.2. The van der Waals surface area contributed by atoms with E-state index in [0.29, 0.717) is 35.5 Å². The summed E-state index contributed by atoms with van der Waals surface area (Å²) in [6, 6.07) is 21.0. The van der Waals surface area contributed by atoms with Crippen molar-refractivity contribution in [1.82, 2.24) is 4.90 Å². The highest BCUT2D eigenvalue weighted by Gasteiger charge is 2.32. The van der Waals surface area contributed by atoms with E-state index < -0.39 is 0 Å². The Bertz CT molecular complexity index is 1360. The van der Waals surface area contributed by atoms with Gasteiger partial charge in [-0.2, -0.15) is 0 Å². The molecule has 1 fully saturated rings. The van der Waals surface area contributed by atoms with Crippen molar-refractivity contribution in [2.45, 2.75) is 58.4 Å². The Balaban J connectivity index is 1.26. The molecule has 2 heterocycles. The highest BCUT2D eigenvalue weighted by Crippen LogP contribution is 2.38. The maximum atomic E-state index is 13.6. The maximum absolute atomic E-state index is 13.6. The predicted octanol–water partition coefficient (Wildman–Crippen LogP) is 7.41. The van der Waals surface area contributed by atoms with Crippen LogP contribution in [0.4, 0.5) is 10.1 Å². The number of rotatable bonds is 9. The first kappa shape index (κ1) is 27.8. The molecule has 3 aromatic carbocycles. The molecule has 0 atom stereocenters. The van der Waals surface area contributed by atoms with E-state index in [2.05, 4.69) is 4.90 Å². The minimum atomic E-state index is -0.316. The molecule has 0 radical (unpaired) electrons. The van der Waals surface area contributed by atoms with Crippen molar-refractivity contribution in [2.75, 3.05) is 24.5 Å². The van der Waals surface area contributed by atoms with Gasteiger partial charge in [0, 0.05) is 17.6 Å². The molecule has 0 spiro atoms. The number of fused-ring (bicyclic) bond motifs is 1. The van der Waals surface area contributed by atoms with Gasteiger partial charge in [0.25, 0.3) is 5.91 Å². The van der Waals surface area contributed by atoms with E-state index in [9.17, 15) is 14.0 Å². The number of carbonyl (C=O) groups is 2. The van der Waals surface area contributed by atoms with Gasteiger partial charge in [-0.15, -0.1) is 0 Å². The van der Waals surface area contributed by atoms with Gasteiger partial charge >= 0.3 is 0 Å². The number of unbranched alkanes of at least 4 members (excludes halogenated alkanes) is 1. The zero-order valence-corrected chi connectivity index (χ0v) is 23.2. The summed E-state index contributed by atoms with van der Waals surface area (Å²) >= 11 is 0. The first-order chi connectivity index (χ1) is 19.5. The summed E-state index contributed by atoms with van der Waals surface area (Å²) in [6.07, 6.45) is 7.73. The number of benzene rings is 3. The van der Waals surface area contributed by atoms with Crippen LogP contribution in [0.5, 0.6) is 5.75 Å². The van der Waals surface area contributed by atoms with Crippen molar-refractivity contribution in [3.63, 3.8) is 0 Å². The lowest BCUT2D eigenvalue weighted by Crippen LogP contribution is -2.37. The van der Waals surface area contributed by atoms with E-state index in [1.54, 1.807) is 17.0 Å². The molecule has 0 saturated carbocycles. The van der Waals surface area contributed by atoms with Crippen LogP contribution in [0.3, 0.4) is 0 Å². The summed E-state index contributed by atoms with van der Waals surface area (Å²) in [4.78, 5) is 30.7. The van der Waals surface area contributed by atoms with Crippen LogP contribution in [0.25, 0.3) is 5.57 Å². The molecule has 1 saturated heterocycles. The average Bonchev–Trinajstić information content (AvgIpc) is 3.26. The van der Waals surface area contributed by atoms with E-state index >= 15 is 0 Å². The van der Waals surface area contributed by atoms with Crippen LogP contribution in [0.1, 0.15) is 73.4 Å². The molecule has 0 bridgehead atoms. The molecule has 5 nitrogen and oxygen atoms in total. The molecule has 2 aliphatic rings. The Morgan fingerprint density at radius 3 is 2.25 bits per heavy atom. The van der Waals surface area contributed by atoms with E-state index in [4.69, 9.17) is 4.74 Å². The molecular formula is C34H37FN2O3. The number of nitrogens with zero attached hydrogens (tertiary/aromatic N) is 2. The van der Waals surface area contributed by atoms with E-state index in [-0.39, 0.29) is 23.3 Å². The molecular weight excluding hydrogens is 503 g/mol. The second-order valence-corrected chi connectivity index (χ2v) is 10.8. The van der Waals surface area contributed by atoms with E-state index in [1.807, 2.05) is 55.5 Å². The maximum Gasteiger partial charge on any atom is 0.294 e. The van der Waals surface area contributed by atoms with Gasteiger partial charge in [0.15, 0.2) is 17.3 Å². The second kappa shape index (κ2) is 13.1. The summed E-state index contributed by atoms with van der Waals surface area (Å²) in [5.41, 5.74) is 3.70. The average molecular weight is 541 g/mol. The van der Waals surface area contributed by atoms with Crippen molar-refractivity contribution in [2.24, 2.45) is 0 Å². The molecule has 1 amide bonds. The third kappa shape index (κ3) is 6.68. The van der Waals surface area contributed by atoms with Gasteiger partial charge < -0.3 is 9.64 Å². The molecule has 3 aromatic rings. The Hall–Kier alpha value is -3.77. The van der Waals surface area contributed by atoms with Crippen LogP contribution >= 0.6 is 0 Å². The number of hydrogen-bond acceptors (Lipinski definition) is 4. The van der Waals surface area contributed by atoms with Crippen LogP contribution < -0.4 is 9.64 Å². The SMILES string of the molecule is C/C(=C1/Oc2ccccc2N(Cc2ccc(F)cc2)C1=O)c1ccc(C(=O)CCCCN2CCCCCC2)cc1. The number of Topliss-reactive ketones (excluding diaryl/α,β-unsaturated/α-hetero) is 1. The standard InChI is InChI=1S/C34H37FN2O3/c1-25(27-15-17-28(18-16-27)31(38)11-6-9-23-36-21-7-2-3-8-22-36)33-34(39)37(24-26-13-19-29(35)20-14-26)30-10-4-5-12-32(30)40-33/h4-5,10,12-20H,2-3,6-9,11,21-24H2,1H3/b33-25-. The lowest BCUT2D eigenvalue weighted by molar-refractivity contribution is -0.117. The number of hydrogen-bond donors (Lipinski definition) is 0. The molecule has 0 aliphatic carbocycles. The lowest BCUT2D eigenvalue weighted by Gasteiger charge is -2.31. The third-order valence-electron chi connectivity index (χ3n) is 7.87. The zero-order chi connectivity index (χ0) is 27.9. The summed E-state index contributed by atoms with van der Waals surface area (Å²) in [7, 11) is 0. The fourth-order valence-corrected chi connectivity index (χ4v) is 5.48. The number of likely N-dealkylation sites (tertiary alicyclic amines) is 1. The first-order valence-electron chi connectivity index (χ1n) is 14.4. The summed E-state index contributed by atoms with van der Waals surface area (Å²) < 4.78 is 19.6. The number of ether oxygens (including phenoxy) is 1. The van der Waals surface area contributed by atoms with Crippen LogP contribution in [-0.4, -0.2) is 36.2 Å². The van der Waals surface area contributed by atoms with Crippen molar-refractivity contribution < 1.29 is 18.7 Å². The lowest BCUT2D eigenvalue weighted by atomic mass is 9.99. The van der Waals surface area contributed by atoms with Crippen molar-refractivity contribution in [3.8, 4) is 5.75 Å². The number of ketones is 1. The van der Waals surface area contributed by atoms with Gasteiger partial charge in [-0.05, 0) is 87.6 Å². The van der Waals surface area contributed by atoms with Crippen molar-refractivity contribution in [3.05, 3.63) is 101 Å². The molecule has 0 aromatic heterocycles. The van der Waals surface area contributed by atoms with E-state index in [0.717, 1.165) is 30.5 Å². The molecule has 0 unspecified atom stereocenters. The Morgan fingerprint density at radius 2 is 1.52 bits per heavy atom. The predicted molar refractivity (Wildman–Crippen MR) is 157 cm³/mol. The van der Waals surface area contributed by atoms with Gasteiger partial charge in [0.1, 0.15) is 5.82 Å². The van der Waals surface area contributed by atoms with Gasteiger partial charge in [0.2, 0.25) is 0 Å². The van der Waals surface area contributed by atoms with Crippen LogP contribution in [0.2, 0.25) is 0 Å². The van der Waals surface area contributed by atoms with Crippen LogP contribution in [-0.2, 0) is 11.3 Å². The number of allylic oxidation sites excluding steroid dienone is 1. The number of halogens is 1. The van der Waals surface area contributed by atoms with Gasteiger partial charge in [0.05, 0.1) is 12.2 Å². The highest BCUT2D eigenvalue weighted by atomic mass is 19.1. The minimum Gasteiger partial charge on any atom is -0.449 e. The van der Waals surface area contributed by atoms with Crippen molar-refractivity contribution >= 4 is 23.0 Å². The Kier molecular flexibility index (Phi) is 9.07. The van der Waals surface area contributed by atoms with Crippen molar-refractivity contribution in [1.29, 1.82) is 0 Å². The minimum absolute atomic E-state index is 0.150. The molecule has 6 heteroatoms. The molecule has 208 valence electrons. The smallest absolute Gasteiger partial charge is 0.294 e. The topological polar surface area (TPSA) is 49.9 Å². The van der Waals surface area contributed by atoms with Crippen LogP contribution in [0, 0.1) is 5.82 Å². The number of anilines is 1. The number of amides is 1. The quantitative estimate of drug-likeness (QED) is 0.161. The van der Waals surface area contributed by atoms with Crippen LogP contribution in [0.15, 0.2) is 78.6 Å². The normalized spacial score (nSPS) is 17.1. The van der Waals surface area contributed by atoms with Gasteiger partial charge in [-0.25, -0.2) is 4.39 Å². The Morgan fingerprint density at radius 1 is 0.850 bits per heavy atom. The Labute approximate surface area is 236 Å². The van der Waals surface area contributed by atoms with Gasteiger partial charge in [-0.3, -0.25) is 14.5 Å². The fourth-order valence-electron chi connectivity index (χ4n) is 5.48. The van der Waals surface area contributed by atoms with E-state index in [1.165, 1.54) is 50.9 Å². The molecule has 40 heavy (non-hydrogen) atoms.